The molecule has 7 heteroatoms. The summed E-state index contributed by atoms with van der Waals surface area (Å²) < 4.78 is 12.1. The first kappa shape index (κ1) is 18.0. The molecule has 1 N–H and O–H groups in total. The van der Waals surface area contributed by atoms with Crippen molar-refractivity contribution < 1.29 is 19.4 Å². The third-order valence-electron chi connectivity index (χ3n) is 5.15. The van der Waals surface area contributed by atoms with E-state index in [-0.39, 0.29) is 11.7 Å². The fraction of sp³-hybridized carbons (Fsp3) is 0.182. The van der Waals surface area contributed by atoms with Crippen LogP contribution in [0.25, 0.3) is 0 Å². The number of nitrogens with zero attached hydrogens (tertiary/aromatic N) is 2. The Bertz CT molecular complexity index is 1100. The smallest absolute Gasteiger partial charge is 0.239 e. The molecule has 2 aromatic carbocycles. The van der Waals surface area contributed by atoms with Crippen LogP contribution in [-0.4, -0.2) is 29.2 Å². The number of carbonyl (C=O) groups excluding carboxylic acids is 1. The van der Waals surface area contributed by atoms with E-state index in [0.717, 1.165) is 21.4 Å². The second-order valence-corrected chi connectivity index (χ2v) is 7.85. The molecule has 6 nitrogen and oxygen atoms in total. The molecular weight excluding hydrogens is 436 g/mol. The molecule has 0 bridgehead atoms. The van der Waals surface area contributed by atoms with Gasteiger partial charge in [0, 0.05) is 28.0 Å². The minimum atomic E-state index is -0.637. The van der Waals surface area contributed by atoms with Crippen molar-refractivity contribution in [3.8, 4) is 17.2 Å². The van der Waals surface area contributed by atoms with Gasteiger partial charge in [0.25, 0.3) is 0 Å². The Labute approximate surface area is 175 Å². The molecule has 1 unspecified atom stereocenters. The van der Waals surface area contributed by atoms with Crippen LogP contribution >= 0.6 is 15.9 Å². The third kappa shape index (κ3) is 3.11. The molecule has 0 saturated heterocycles. The lowest BCUT2D eigenvalue weighted by molar-refractivity contribution is -0.118. The van der Waals surface area contributed by atoms with E-state index in [1.807, 2.05) is 36.4 Å². The normalized spacial score (nSPS) is 17.3. The maximum absolute atomic E-state index is 13.5. The van der Waals surface area contributed by atoms with Gasteiger partial charge in [-0.1, -0.05) is 22.0 Å². The molecule has 146 valence electrons. The largest absolute Gasteiger partial charge is 0.507 e. The van der Waals surface area contributed by atoms with E-state index in [4.69, 9.17) is 9.47 Å². The molecule has 0 spiro atoms. The fourth-order valence-electron chi connectivity index (χ4n) is 3.85. The van der Waals surface area contributed by atoms with Crippen LogP contribution in [0.15, 0.2) is 59.2 Å². The fourth-order valence-corrected chi connectivity index (χ4v) is 4.23. The molecule has 0 saturated carbocycles. The van der Waals surface area contributed by atoms with Crippen LogP contribution in [0, 0.1) is 0 Å². The van der Waals surface area contributed by atoms with Crippen molar-refractivity contribution in [1.29, 1.82) is 0 Å². The highest BCUT2D eigenvalue weighted by atomic mass is 79.9. The van der Waals surface area contributed by atoms with Gasteiger partial charge in [0.15, 0.2) is 11.5 Å². The van der Waals surface area contributed by atoms with Crippen LogP contribution in [0.3, 0.4) is 0 Å². The summed E-state index contributed by atoms with van der Waals surface area (Å²) in [6, 6.07) is 14.6. The summed E-state index contributed by atoms with van der Waals surface area (Å²) in [5.74, 6) is 0.287. The van der Waals surface area contributed by atoms with Crippen LogP contribution in [0.1, 0.15) is 22.7 Å². The van der Waals surface area contributed by atoms with E-state index >= 15 is 0 Å². The number of hydrogen-bond acceptors (Lipinski definition) is 5. The number of phenolic OH excluding ortho intramolecular Hbond substituents is 1. The number of amides is 1. The molecule has 0 aliphatic carbocycles. The standard InChI is InChI=1S/C22H17BrN2O4/c23-13-4-5-17-15(9-13)21(22(27)25(17)12-14-3-1-2-6-24-14)16-10-19-20(11-18(16)26)29-8-7-28-19/h1-6,9-11,21,26H,7-8,12H2. The molecule has 0 fully saturated rings. The number of halogens is 1. The third-order valence-corrected chi connectivity index (χ3v) is 5.65. The van der Waals surface area contributed by atoms with Crippen molar-refractivity contribution in [3.05, 3.63) is 76.0 Å². The number of ether oxygens (including phenoxy) is 2. The Hall–Kier alpha value is -3.06. The number of rotatable bonds is 3. The van der Waals surface area contributed by atoms with Gasteiger partial charge in [-0.2, -0.15) is 0 Å². The van der Waals surface area contributed by atoms with Crippen molar-refractivity contribution in [2.24, 2.45) is 0 Å². The SMILES string of the molecule is O=C1C(c2cc3c(cc2O)OCCO3)c2cc(Br)ccc2N1Cc1ccccn1. The lowest BCUT2D eigenvalue weighted by Crippen LogP contribution is -2.29. The lowest BCUT2D eigenvalue weighted by Gasteiger charge is -2.22. The molecule has 2 aliphatic heterocycles. The van der Waals surface area contributed by atoms with Gasteiger partial charge in [-0.3, -0.25) is 9.78 Å². The van der Waals surface area contributed by atoms with E-state index in [9.17, 15) is 9.90 Å². The van der Waals surface area contributed by atoms with E-state index in [2.05, 4.69) is 20.9 Å². The van der Waals surface area contributed by atoms with E-state index in [0.29, 0.717) is 36.8 Å². The molecule has 1 atom stereocenters. The first-order valence-corrected chi connectivity index (χ1v) is 10.0. The number of carbonyl (C=O) groups is 1. The van der Waals surface area contributed by atoms with Crippen LogP contribution in [0.5, 0.6) is 17.2 Å². The van der Waals surface area contributed by atoms with Gasteiger partial charge in [-0.05, 0) is 42.0 Å². The summed E-state index contributed by atoms with van der Waals surface area (Å²) in [4.78, 5) is 19.6. The molecule has 1 aromatic heterocycles. The topological polar surface area (TPSA) is 71.9 Å². The van der Waals surface area contributed by atoms with Gasteiger partial charge in [0.1, 0.15) is 19.0 Å². The minimum absolute atomic E-state index is 0.0122. The molecule has 29 heavy (non-hydrogen) atoms. The minimum Gasteiger partial charge on any atom is -0.507 e. The average Bonchev–Trinajstić information content (AvgIpc) is 2.99. The predicted octanol–water partition coefficient (Wildman–Crippen LogP) is 4.00. The van der Waals surface area contributed by atoms with E-state index < -0.39 is 5.92 Å². The van der Waals surface area contributed by atoms with Gasteiger partial charge in [0.05, 0.1) is 18.2 Å². The van der Waals surface area contributed by atoms with Crippen molar-refractivity contribution in [3.63, 3.8) is 0 Å². The zero-order valence-electron chi connectivity index (χ0n) is 15.3. The summed E-state index contributed by atoms with van der Waals surface area (Å²) in [6.45, 7) is 1.22. The molecule has 1 amide bonds. The van der Waals surface area contributed by atoms with Crippen molar-refractivity contribution in [2.75, 3.05) is 18.1 Å². The van der Waals surface area contributed by atoms with Gasteiger partial charge in [0.2, 0.25) is 5.91 Å². The van der Waals surface area contributed by atoms with Crippen molar-refractivity contribution in [2.45, 2.75) is 12.5 Å². The van der Waals surface area contributed by atoms with Crippen LogP contribution in [-0.2, 0) is 11.3 Å². The van der Waals surface area contributed by atoms with Crippen LogP contribution in [0.2, 0.25) is 0 Å². The zero-order valence-corrected chi connectivity index (χ0v) is 16.9. The Morgan fingerprint density at radius 2 is 1.86 bits per heavy atom. The summed E-state index contributed by atoms with van der Waals surface area (Å²) in [7, 11) is 0. The molecule has 3 heterocycles. The van der Waals surface area contributed by atoms with Gasteiger partial charge in [-0.15, -0.1) is 0 Å². The summed E-state index contributed by atoms with van der Waals surface area (Å²) in [5.41, 5.74) is 2.93. The molecular formula is C22H17BrN2O4. The number of anilines is 1. The number of aromatic nitrogens is 1. The maximum Gasteiger partial charge on any atom is 0.239 e. The zero-order chi connectivity index (χ0) is 20.0. The second kappa shape index (κ2) is 7.08. The first-order valence-electron chi connectivity index (χ1n) is 9.25. The molecule has 2 aliphatic rings. The average molecular weight is 453 g/mol. The number of aromatic hydroxyl groups is 1. The molecule has 5 rings (SSSR count). The second-order valence-electron chi connectivity index (χ2n) is 6.94. The van der Waals surface area contributed by atoms with Gasteiger partial charge < -0.3 is 19.5 Å². The summed E-state index contributed by atoms with van der Waals surface area (Å²) >= 11 is 3.50. The number of pyridine rings is 1. The lowest BCUT2D eigenvalue weighted by atomic mass is 9.91. The monoisotopic (exact) mass is 452 g/mol. The van der Waals surface area contributed by atoms with Crippen LogP contribution < -0.4 is 14.4 Å². The maximum atomic E-state index is 13.5. The number of benzene rings is 2. The Morgan fingerprint density at radius 1 is 1.07 bits per heavy atom. The Balaban J connectivity index is 1.61. The Morgan fingerprint density at radius 3 is 2.62 bits per heavy atom. The number of phenols is 1. The number of hydrogen-bond donors (Lipinski definition) is 1. The van der Waals surface area contributed by atoms with Crippen LogP contribution in [0.4, 0.5) is 5.69 Å². The van der Waals surface area contributed by atoms with Crippen molar-refractivity contribution in [1.82, 2.24) is 4.98 Å². The van der Waals surface area contributed by atoms with Gasteiger partial charge in [-0.25, -0.2) is 0 Å². The van der Waals surface area contributed by atoms with E-state index in [1.54, 1.807) is 17.2 Å². The molecule has 3 aromatic rings. The highest BCUT2D eigenvalue weighted by Gasteiger charge is 2.40. The van der Waals surface area contributed by atoms with Crippen molar-refractivity contribution >= 4 is 27.5 Å². The quantitative estimate of drug-likeness (QED) is 0.649. The van der Waals surface area contributed by atoms with Gasteiger partial charge >= 0.3 is 0 Å². The summed E-state index contributed by atoms with van der Waals surface area (Å²) in [5, 5.41) is 10.7. The first-order chi connectivity index (χ1) is 14.1. The van der Waals surface area contributed by atoms with E-state index in [1.165, 1.54) is 6.07 Å². The molecule has 0 radical (unpaired) electrons. The summed E-state index contributed by atoms with van der Waals surface area (Å²) in [6.07, 6.45) is 1.71. The Kier molecular flexibility index (Phi) is 4.39. The highest BCUT2D eigenvalue weighted by Crippen LogP contribution is 2.48. The number of fused-ring (bicyclic) bond motifs is 2. The predicted molar refractivity (Wildman–Crippen MR) is 111 cm³/mol. The highest BCUT2D eigenvalue weighted by molar-refractivity contribution is 9.10.